The second kappa shape index (κ2) is 5.53. The van der Waals surface area contributed by atoms with Crippen molar-refractivity contribution < 1.29 is 4.74 Å². The third-order valence-corrected chi connectivity index (χ3v) is 2.69. The number of hydrogen-bond acceptors (Lipinski definition) is 3. The number of nitrogens with two attached hydrogens (primary N) is 1. The third kappa shape index (κ3) is 2.53. The molecule has 0 aliphatic heterocycles. The fourth-order valence-electron chi connectivity index (χ4n) is 1.63. The quantitative estimate of drug-likeness (QED) is 0.844. The van der Waals surface area contributed by atoms with Crippen LogP contribution < -0.4 is 10.5 Å². The van der Waals surface area contributed by atoms with E-state index in [2.05, 4.69) is 19.9 Å². The topological polar surface area (TPSA) is 59.0 Å². The summed E-state index contributed by atoms with van der Waals surface area (Å²) in [5.74, 6) is 0.872. The number of rotatable bonds is 4. The Bertz CT molecular complexity index is 393. The Morgan fingerprint density at radius 2 is 2.12 bits per heavy atom. The van der Waals surface area contributed by atoms with E-state index >= 15 is 0 Å². The molecule has 0 saturated heterocycles. The van der Waals surface area contributed by atoms with Crippen LogP contribution in [-0.4, -0.2) is 13.7 Å². The van der Waals surface area contributed by atoms with Crippen LogP contribution in [0.5, 0.6) is 5.75 Å². The maximum atomic E-state index is 9.04. The molecule has 0 fully saturated rings. The van der Waals surface area contributed by atoms with Gasteiger partial charge in [0.2, 0.25) is 0 Å². The van der Waals surface area contributed by atoms with Crippen LogP contribution in [0.2, 0.25) is 0 Å². The van der Waals surface area contributed by atoms with Crippen molar-refractivity contribution in [2.24, 2.45) is 5.73 Å². The van der Waals surface area contributed by atoms with Gasteiger partial charge in [0, 0.05) is 12.1 Å². The Hall–Kier alpha value is -1.53. The van der Waals surface area contributed by atoms with E-state index in [-0.39, 0.29) is 5.92 Å². The van der Waals surface area contributed by atoms with Gasteiger partial charge in [0.25, 0.3) is 0 Å². The van der Waals surface area contributed by atoms with Crippen LogP contribution in [0.4, 0.5) is 0 Å². The summed E-state index contributed by atoms with van der Waals surface area (Å²) in [6.07, 6.45) is 0. The van der Waals surface area contributed by atoms with Crippen LogP contribution in [0.1, 0.15) is 36.8 Å². The second-order valence-corrected chi connectivity index (χ2v) is 4.07. The molecule has 0 aliphatic carbocycles. The van der Waals surface area contributed by atoms with E-state index < -0.39 is 0 Å². The van der Waals surface area contributed by atoms with Crippen LogP contribution in [0, 0.1) is 11.3 Å². The molecular weight excluding hydrogens is 200 g/mol. The fraction of sp³-hybridized carbons (Fsp3) is 0.462. The second-order valence-electron chi connectivity index (χ2n) is 4.07. The summed E-state index contributed by atoms with van der Waals surface area (Å²) in [6, 6.07) is 8.16. The zero-order valence-electron chi connectivity index (χ0n) is 10.0. The van der Waals surface area contributed by atoms with E-state index in [9.17, 15) is 0 Å². The molecule has 1 aromatic carbocycles. The van der Waals surface area contributed by atoms with Gasteiger partial charge in [-0.15, -0.1) is 0 Å². The lowest BCUT2D eigenvalue weighted by molar-refractivity contribution is 0.408. The lowest BCUT2D eigenvalue weighted by atomic mass is 9.94. The molecule has 16 heavy (non-hydrogen) atoms. The molecule has 0 aliphatic rings. The predicted octanol–water partition coefficient (Wildman–Crippen LogP) is 2.38. The van der Waals surface area contributed by atoms with Crippen molar-refractivity contribution in [3.8, 4) is 11.8 Å². The maximum absolute atomic E-state index is 9.04. The van der Waals surface area contributed by atoms with E-state index in [4.69, 9.17) is 15.7 Å². The van der Waals surface area contributed by atoms with Gasteiger partial charge in [-0.1, -0.05) is 26.0 Å². The molecule has 86 valence electrons. The van der Waals surface area contributed by atoms with Gasteiger partial charge in [0.05, 0.1) is 19.1 Å². The molecule has 0 saturated carbocycles. The highest BCUT2D eigenvalue weighted by Gasteiger charge is 2.15. The lowest BCUT2D eigenvalue weighted by Gasteiger charge is -2.15. The minimum Gasteiger partial charge on any atom is -0.496 e. The van der Waals surface area contributed by atoms with Crippen LogP contribution in [0.3, 0.4) is 0 Å². The zero-order valence-corrected chi connectivity index (χ0v) is 10.0. The standard InChI is InChI=1S/C13H18N2O/c1-9(2)10-4-5-13(16-3)12(6-10)11(7-14)8-15/h4-6,9,11H,7,14H2,1-3H3. The molecular formula is C13H18N2O. The van der Waals surface area contributed by atoms with Gasteiger partial charge >= 0.3 is 0 Å². The molecule has 0 spiro atoms. The number of hydrogen-bond donors (Lipinski definition) is 1. The number of ether oxygens (including phenoxy) is 1. The normalized spacial score (nSPS) is 12.2. The maximum Gasteiger partial charge on any atom is 0.123 e. The summed E-state index contributed by atoms with van der Waals surface area (Å²) < 4.78 is 5.26. The highest BCUT2D eigenvalue weighted by molar-refractivity contribution is 5.43. The van der Waals surface area contributed by atoms with Gasteiger partial charge in [-0.25, -0.2) is 0 Å². The first-order valence-corrected chi connectivity index (χ1v) is 5.41. The molecule has 1 unspecified atom stereocenters. The Kier molecular flexibility index (Phi) is 4.33. The highest BCUT2D eigenvalue weighted by atomic mass is 16.5. The lowest BCUT2D eigenvalue weighted by Crippen LogP contribution is -2.12. The van der Waals surface area contributed by atoms with Crippen molar-refractivity contribution in [1.82, 2.24) is 0 Å². The highest BCUT2D eigenvalue weighted by Crippen LogP contribution is 2.29. The summed E-state index contributed by atoms with van der Waals surface area (Å²) in [5, 5.41) is 9.04. The van der Waals surface area contributed by atoms with Crippen molar-refractivity contribution in [1.29, 1.82) is 5.26 Å². The summed E-state index contributed by atoms with van der Waals surface area (Å²) in [7, 11) is 1.61. The first-order valence-electron chi connectivity index (χ1n) is 5.41. The molecule has 0 heterocycles. The SMILES string of the molecule is COc1ccc(C(C)C)cc1C(C#N)CN. The van der Waals surface area contributed by atoms with E-state index in [1.54, 1.807) is 7.11 Å². The molecule has 3 heteroatoms. The summed E-state index contributed by atoms with van der Waals surface area (Å²) in [4.78, 5) is 0. The average molecular weight is 218 g/mol. The van der Waals surface area contributed by atoms with E-state index in [1.807, 2.05) is 18.2 Å². The third-order valence-electron chi connectivity index (χ3n) is 2.69. The average Bonchev–Trinajstić information content (AvgIpc) is 2.30. The molecule has 1 aromatic rings. The van der Waals surface area contributed by atoms with Crippen LogP contribution in [0.15, 0.2) is 18.2 Å². The molecule has 0 amide bonds. The van der Waals surface area contributed by atoms with E-state index in [1.165, 1.54) is 5.56 Å². The molecule has 0 bridgehead atoms. The van der Waals surface area contributed by atoms with E-state index in [0.717, 1.165) is 11.3 Å². The van der Waals surface area contributed by atoms with Crippen LogP contribution in [-0.2, 0) is 0 Å². The molecule has 0 aromatic heterocycles. The largest absolute Gasteiger partial charge is 0.496 e. The molecule has 0 radical (unpaired) electrons. The number of nitrogens with zero attached hydrogens (tertiary/aromatic N) is 1. The van der Waals surface area contributed by atoms with Crippen LogP contribution >= 0.6 is 0 Å². The number of nitriles is 1. The van der Waals surface area contributed by atoms with Gasteiger partial charge in [0.15, 0.2) is 0 Å². The van der Waals surface area contributed by atoms with E-state index in [0.29, 0.717) is 12.5 Å². The first-order chi connectivity index (χ1) is 7.63. The number of methoxy groups -OCH3 is 1. The molecule has 2 N–H and O–H groups in total. The van der Waals surface area contributed by atoms with Gasteiger partial charge in [-0.3, -0.25) is 0 Å². The first kappa shape index (κ1) is 12.5. The summed E-state index contributed by atoms with van der Waals surface area (Å²) in [5.41, 5.74) is 7.67. The smallest absolute Gasteiger partial charge is 0.123 e. The van der Waals surface area contributed by atoms with Gasteiger partial charge in [-0.2, -0.15) is 5.26 Å². The van der Waals surface area contributed by atoms with Crippen molar-refractivity contribution >= 4 is 0 Å². The Morgan fingerprint density at radius 1 is 1.44 bits per heavy atom. The van der Waals surface area contributed by atoms with Crippen LogP contribution in [0.25, 0.3) is 0 Å². The Balaban J connectivity index is 3.22. The van der Waals surface area contributed by atoms with Crippen molar-refractivity contribution in [2.75, 3.05) is 13.7 Å². The minimum atomic E-state index is -0.298. The summed E-state index contributed by atoms with van der Waals surface area (Å²) in [6.45, 7) is 4.55. The Labute approximate surface area is 96.8 Å². The number of benzene rings is 1. The molecule has 1 atom stereocenters. The fourth-order valence-corrected chi connectivity index (χ4v) is 1.63. The monoisotopic (exact) mass is 218 g/mol. The molecule has 1 rings (SSSR count). The summed E-state index contributed by atoms with van der Waals surface area (Å²) >= 11 is 0. The zero-order chi connectivity index (χ0) is 12.1. The molecule has 3 nitrogen and oxygen atoms in total. The van der Waals surface area contributed by atoms with Crippen molar-refractivity contribution in [3.63, 3.8) is 0 Å². The van der Waals surface area contributed by atoms with Gasteiger partial charge in [-0.05, 0) is 17.5 Å². The predicted molar refractivity (Wildman–Crippen MR) is 64.5 cm³/mol. The van der Waals surface area contributed by atoms with Crippen molar-refractivity contribution in [3.05, 3.63) is 29.3 Å². The minimum absolute atomic E-state index is 0.298. The van der Waals surface area contributed by atoms with Gasteiger partial charge in [0.1, 0.15) is 5.75 Å². The van der Waals surface area contributed by atoms with Gasteiger partial charge < -0.3 is 10.5 Å². The Morgan fingerprint density at radius 3 is 2.56 bits per heavy atom. The van der Waals surface area contributed by atoms with Crippen molar-refractivity contribution in [2.45, 2.75) is 25.7 Å².